The summed E-state index contributed by atoms with van der Waals surface area (Å²) in [6.07, 6.45) is 0. The number of fused-ring (bicyclic) bond motifs is 13. The zero-order valence-electron chi connectivity index (χ0n) is 28.2. The lowest BCUT2D eigenvalue weighted by atomic mass is 9.93. The molecule has 0 aliphatic heterocycles. The van der Waals surface area contributed by atoms with Crippen molar-refractivity contribution in [1.82, 2.24) is 14.5 Å². The molecule has 0 spiro atoms. The van der Waals surface area contributed by atoms with Crippen molar-refractivity contribution in [2.75, 3.05) is 0 Å². The molecule has 0 N–H and O–H groups in total. The van der Waals surface area contributed by atoms with Crippen molar-refractivity contribution >= 4 is 87.4 Å². The predicted molar refractivity (Wildman–Crippen MR) is 217 cm³/mol. The molecule has 0 saturated carbocycles. The molecule has 4 heterocycles. The molecule has 5 heteroatoms. The number of para-hydroxylation sites is 4. The van der Waals surface area contributed by atoms with Crippen molar-refractivity contribution in [3.63, 3.8) is 0 Å². The molecule has 0 radical (unpaired) electrons. The van der Waals surface area contributed by atoms with Gasteiger partial charge in [-0.3, -0.25) is 4.57 Å². The number of nitrogens with zero attached hydrogens (tertiary/aromatic N) is 3. The van der Waals surface area contributed by atoms with Crippen LogP contribution in [0.5, 0.6) is 0 Å². The second kappa shape index (κ2) is 10.6. The van der Waals surface area contributed by atoms with Crippen LogP contribution in [0.2, 0.25) is 0 Å². The smallest absolute Gasteiger partial charge is 0.235 e. The van der Waals surface area contributed by atoms with Gasteiger partial charge < -0.3 is 8.83 Å². The Morgan fingerprint density at radius 1 is 0.396 bits per heavy atom. The highest BCUT2D eigenvalue weighted by Crippen LogP contribution is 2.46. The van der Waals surface area contributed by atoms with Gasteiger partial charge in [-0.15, -0.1) is 0 Å². The van der Waals surface area contributed by atoms with E-state index in [1.807, 2.05) is 30.3 Å². The van der Waals surface area contributed by atoms with E-state index in [9.17, 15) is 0 Å². The van der Waals surface area contributed by atoms with Crippen molar-refractivity contribution in [2.24, 2.45) is 0 Å². The monoisotopic (exact) mass is 677 g/mol. The van der Waals surface area contributed by atoms with Crippen LogP contribution < -0.4 is 0 Å². The van der Waals surface area contributed by atoms with Gasteiger partial charge in [-0.05, 0) is 52.7 Å². The quantitative estimate of drug-likeness (QED) is 0.187. The minimum atomic E-state index is 0.621. The molecule has 0 saturated heterocycles. The first-order valence-electron chi connectivity index (χ1n) is 17.8. The third-order valence-corrected chi connectivity index (χ3v) is 10.8. The second-order valence-electron chi connectivity index (χ2n) is 13.7. The molecule has 0 fully saturated rings. The zero-order valence-corrected chi connectivity index (χ0v) is 28.2. The Hall–Kier alpha value is -7.24. The molecule has 4 aromatic heterocycles. The van der Waals surface area contributed by atoms with Gasteiger partial charge in [0.2, 0.25) is 5.95 Å². The third kappa shape index (κ3) is 3.96. The van der Waals surface area contributed by atoms with Gasteiger partial charge >= 0.3 is 0 Å². The topological polar surface area (TPSA) is 57.0 Å². The molecule has 12 rings (SSSR count). The first kappa shape index (κ1) is 28.5. The minimum absolute atomic E-state index is 0.621. The molecule has 53 heavy (non-hydrogen) atoms. The van der Waals surface area contributed by atoms with E-state index in [2.05, 4.69) is 138 Å². The largest absolute Gasteiger partial charge is 0.455 e. The van der Waals surface area contributed by atoms with Crippen molar-refractivity contribution in [3.05, 3.63) is 164 Å². The van der Waals surface area contributed by atoms with Gasteiger partial charge in [0.1, 0.15) is 22.3 Å². The molecular formula is C48H27N3O2. The summed E-state index contributed by atoms with van der Waals surface area (Å²) in [5, 5.41) is 9.82. The van der Waals surface area contributed by atoms with Crippen LogP contribution in [0.4, 0.5) is 0 Å². The van der Waals surface area contributed by atoms with Crippen molar-refractivity contribution in [2.45, 2.75) is 0 Å². The fourth-order valence-electron chi connectivity index (χ4n) is 8.53. The number of aromatic nitrogens is 3. The predicted octanol–water partition coefficient (Wildman–Crippen LogP) is 13.0. The van der Waals surface area contributed by atoms with E-state index in [1.165, 1.54) is 0 Å². The molecule has 0 bridgehead atoms. The molecule has 0 atom stereocenters. The highest BCUT2D eigenvalue weighted by atomic mass is 16.3. The van der Waals surface area contributed by atoms with Crippen molar-refractivity contribution < 1.29 is 8.83 Å². The third-order valence-electron chi connectivity index (χ3n) is 10.8. The summed E-state index contributed by atoms with van der Waals surface area (Å²) >= 11 is 0. The number of benzene rings is 8. The summed E-state index contributed by atoms with van der Waals surface area (Å²) in [6, 6.07) is 56.9. The highest BCUT2D eigenvalue weighted by Gasteiger charge is 2.23. The van der Waals surface area contributed by atoms with Crippen LogP contribution in [0.25, 0.3) is 116 Å². The summed E-state index contributed by atoms with van der Waals surface area (Å²) in [5.41, 5.74) is 10.4. The van der Waals surface area contributed by atoms with Gasteiger partial charge in [0, 0.05) is 43.4 Å². The van der Waals surface area contributed by atoms with Gasteiger partial charge in [0.15, 0.2) is 0 Å². The first-order valence-corrected chi connectivity index (χ1v) is 17.8. The summed E-state index contributed by atoms with van der Waals surface area (Å²) in [4.78, 5) is 10.4. The standard InChI is InChI=1S/C48H27N3O2/c1-2-13-28(14-3-1)45-34-18-6-9-22-38(34)49-48(50-45)51-39-23-10-7-19-35(39)44-40(51)26-25-36-43-31-17-5-4-15-29(31)37(27-42(43)53-47(36)44)33-21-12-20-32-30-16-8-11-24-41(30)52-46(32)33/h1-27H. The molecule has 0 aliphatic carbocycles. The Labute approximate surface area is 302 Å². The number of rotatable bonds is 3. The molecule has 5 nitrogen and oxygen atoms in total. The zero-order chi connectivity index (χ0) is 34.6. The highest BCUT2D eigenvalue weighted by molar-refractivity contribution is 6.29. The molecular weight excluding hydrogens is 651 g/mol. The Kier molecular flexibility index (Phi) is 5.71. The van der Waals surface area contributed by atoms with E-state index in [0.717, 1.165) is 110 Å². The molecule has 0 unspecified atom stereocenters. The maximum atomic E-state index is 7.04. The van der Waals surface area contributed by atoms with E-state index in [-0.39, 0.29) is 0 Å². The first-order chi connectivity index (χ1) is 26.3. The van der Waals surface area contributed by atoms with Crippen LogP contribution in [0, 0.1) is 0 Å². The van der Waals surface area contributed by atoms with Gasteiger partial charge in [-0.1, -0.05) is 127 Å². The van der Waals surface area contributed by atoms with Gasteiger partial charge in [0.25, 0.3) is 0 Å². The molecule has 246 valence electrons. The molecule has 8 aromatic carbocycles. The SMILES string of the molecule is c1ccc(-c2nc(-n3c4ccccc4c4c5oc6cc(-c7cccc8c7oc7ccccc78)c7ccccc7c6c5ccc43)nc3ccccc23)cc1. The number of hydrogen-bond donors (Lipinski definition) is 0. The Balaban J connectivity index is 1.17. The number of hydrogen-bond acceptors (Lipinski definition) is 4. The van der Waals surface area contributed by atoms with Gasteiger partial charge in [-0.25, -0.2) is 9.97 Å². The number of furan rings is 2. The van der Waals surface area contributed by atoms with Crippen LogP contribution in [-0.4, -0.2) is 14.5 Å². The average molecular weight is 678 g/mol. The van der Waals surface area contributed by atoms with Crippen LogP contribution in [0.3, 0.4) is 0 Å². The van der Waals surface area contributed by atoms with E-state index in [4.69, 9.17) is 18.8 Å². The molecule has 0 aliphatic rings. The van der Waals surface area contributed by atoms with Gasteiger partial charge in [0.05, 0.1) is 27.6 Å². The lowest BCUT2D eigenvalue weighted by Crippen LogP contribution is -2.03. The minimum Gasteiger partial charge on any atom is -0.455 e. The van der Waals surface area contributed by atoms with Crippen LogP contribution in [-0.2, 0) is 0 Å². The second-order valence-corrected chi connectivity index (χ2v) is 13.7. The maximum Gasteiger partial charge on any atom is 0.235 e. The summed E-state index contributed by atoms with van der Waals surface area (Å²) in [7, 11) is 0. The Morgan fingerprint density at radius 3 is 1.98 bits per heavy atom. The lowest BCUT2D eigenvalue weighted by molar-refractivity contribution is 0.669. The average Bonchev–Trinajstić information content (AvgIpc) is 3.90. The summed E-state index contributed by atoms with van der Waals surface area (Å²) < 4.78 is 15.8. The van der Waals surface area contributed by atoms with Crippen LogP contribution in [0.15, 0.2) is 173 Å². The van der Waals surface area contributed by atoms with Gasteiger partial charge in [-0.2, -0.15) is 0 Å². The van der Waals surface area contributed by atoms with Crippen LogP contribution >= 0.6 is 0 Å². The van der Waals surface area contributed by atoms with Crippen LogP contribution in [0.1, 0.15) is 0 Å². The summed E-state index contributed by atoms with van der Waals surface area (Å²) in [6.45, 7) is 0. The normalized spacial score (nSPS) is 12.2. The van der Waals surface area contributed by atoms with E-state index in [1.54, 1.807) is 0 Å². The van der Waals surface area contributed by atoms with E-state index < -0.39 is 0 Å². The Bertz CT molecular complexity index is 3460. The van der Waals surface area contributed by atoms with Crippen molar-refractivity contribution in [3.8, 4) is 28.3 Å². The fourth-order valence-corrected chi connectivity index (χ4v) is 8.53. The van der Waals surface area contributed by atoms with E-state index in [0.29, 0.717) is 5.95 Å². The molecule has 12 aromatic rings. The van der Waals surface area contributed by atoms with Crippen molar-refractivity contribution in [1.29, 1.82) is 0 Å². The Morgan fingerprint density at radius 2 is 1.09 bits per heavy atom. The lowest BCUT2D eigenvalue weighted by Gasteiger charge is -2.11. The summed E-state index contributed by atoms with van der Waals surface area (Å²) in [5.74, 6) is 0.621. The maximum absolute atomic E-state index is 7.04. The molecule has 0 amide bonds. The fraction of sp³-hybridized carbons (Fsp3) is 0. The van der Waals surface area contributed by atoms with E-state index >= 15 is 0 Å².